The summed E-state index contributed by atoms with van der Waals surface area (Å²) in [7, 11) is 0. The van der Waals surface area contributed by atoms with Crippen molar-refractivity contribution in [1.82, 2.24) is 15.5 Å². The van der Waals surface area contributed by atoms with Gasteiger partial charge in [-0.2, -0.15) is 11.8 Å². The van der Waals surface area contributed by atoms with Crippen molar-refractivity contribution in [3.8, 4) is 0 Å². The number of carboxylic acids is 1. The fraction of sp³-hybridized carbons (Fsp3) is 0.818. The third kappa shape index (κ3) is 9.89. The average Bonchev–Trinajstić information content (AvgIpc) is 3.25. The second kappa shape index (κ2) is 15.1. The van der Waals surface area contributed by atoms with Crippen molar-refractivity contribution in [2.45, 2.75) is 83.0 Å². The largest absolute Gasteiger partial charge is 0.480 e. The summed E-state index contributed by atoms with van der Waals surface area (Å²) in [6, 6.07) is -3.31. The van der Waals surface area contributed by atoms with Crippen LogP contribution < -0.4 is 22.1 Å². The maximum absolute atomic E-state index is 13.2. The number of thioether (sulfide) groups is 1. The molecule has 11 heteroatoms. The highest BCUT2D eigenvalue weighted by Gasteiger charge is 2.38. The number of rotatable bonds is 15. The Balaban J connectivity index is 2.95. The van der Waals surface area contributed by atoms with E-state index in [2.05, 4.69) is 10.6 Å². The Kier molecular flexibility index (Phi) is 13.4. The van der Waals surface area contributed by atoms with Gasteiger partial charge in [0.05, 0.1) is 6.04 Å². The minimum absolute atomic E-state index is 0.116. The molecule has 0 spiro atoms. The molecule has 0 aromatic heterocycles. The van der Waals surface area contributed by atoms with Gasteiger partial charge in [-0.25, -0.2) is 4.79 Å². The lowest BCUT2D eigenvalue weighted by molar-refractivity contribution is -0.149. The molecule has 33 heavy (non-hydrogen) atoms. The van der Waals surface area contributed by atoms with Crippen molar-refractivity contribution in [2.75, 3.05) is 25.1 Å². The van der Waals surface area contributed by atoms with Gasteiger partial charge in [0.1, 0.15) is 18.1 Å². The molecule has 10 nitrogen and oxygen atoms in total. The molecule has 4 unspecified atom stereocenters. The molecule has 1 heterocycles. The van der Waals surface area contributed by atoms with Crippen molar-refractivity contribution < 1.29 is 24.3 Å². The molecule has 4 atom stereocenters. The normalized spacial score (nSPS) is 18.6. The van der Waals surface area contributed by atoms with E-state index < -0.39 is 47.9 Å². The molecular formula is C22H41N5O5S. The summed E-state index contributed by atoms with van der Waals surface area (Å²) < 4.78 is 0. The minimum atomic E-state index is -1.04. The summed E-state index contributed by atoms with van der Waals surface area (Å²) in [6.07, 6.45) is 5.44. The molecule has 0 radical (unpaired) electrons. The number of carbonyl (C=O) groups is 4. The van der Waals surface area contributed by atoms with Crippen LogP contribution in [0.4, 0.5) is 0 Å². The minimum Gasteiger partial charge on any atom is -0.480 e. The summed E-state index contributed by atoms with van der Waals surface area (Å²) in [5.74, 6) is -1.47. The highest BCUT2D eigenvalue weighted by molar-refractivity contribution is 7.98. The first-order valence-electron chi connectivity index (χ1n) is 11.7. The maximum Gasteiger partial charge on any atom is 0.326 e. The molecule has 0 saturated carbocycles. The monoisotopic (exact) mass is 487 g/mol. The lowest BCUT2D eigenvalue weighted by Gasteiger charge is -2.29. The van der Waals surface area contributed by atoms with Crippen LogP contribution in [-0.4, -0.2) is 83.0 Å². The number of nitrogens with two attached hydrogens (primary N) is 2. The fourth-order valence-electron chi connectivity index (χ4n) is 3.87. The Labute approximate surface area is 200 Å². The second-order valence-electron chi connectivity index (χ2n) is 8.95. The third-order valence-electron chi connectivity index (χ3n) is 5.69. The number of hydrogen-bond donors (Lipinski definition) is 5. The van der Waals surface area contributed by atoms with Gasteiger partial charge in [-0.05, 0) is 69.4 Å². The first kappa shape index (κ1) is 29.2. The second-order valence-corrected chi connectivity index (χ2v) is 9.94. The highest BCUT2D eigenvalue weighted by atomic mass is 32.2. The maximum atomic E-state index is 13.2. The van der Waals surface area contributed by atoms with Gasteiger partial charge < -0.3 is 32.1 Å². The zero-order valence-electron chi connectivity index (χ0n) is 20.0. The number of aliphatic carboxylic acids is 1. The van der Waals surface area contributed by atoms with Crippen molar-refractivity contribution >= 4 is 35.5 Å². The van der Waals surface area contributed by atoms with E-state index in [1.54, 1.807) is 11.8 Å². The molecule has 1 rings (SSSR count). The van der Waals surface area contributed by atoms with Crippen molar-refractivity contribution in [3.05, 3.63) is 0 Å². The Bertz CT molecular complexity index is 663. The van der Waals surface area contributed by atoms with Crippen molar-refractivity contribution in [1.29, 1.82) is 0 Å². The smallest absolute Gasteiger partial charge is 0.326 e. The Morgan fingerprint density at radius 3 is 2.33 bits per heavy atom. The van der Waals surface area contributed by atoms with E-state index in [4.69, 9.17) is 11.5 Å². The molecular weight excluding hydrogens is 446 g/mol. The molecule has 1 fully saturated rings. The van der Waals surface area contributed by atoms with Crippen LogP contribution in [0.1, 0.15) is 58.8 Å². The zero-order valence-corrected chi connectivity index (χ0v) is 20.9. The van der Waals surface area contributed by atoms with Crippen LogP contribution in [0.3, 0.4) is 0 Å². The quantitative estimate of drug-likeness (QED) is 0.205. The standard InChI is InChI=1S/C22H41N5O5S/c1-14(2)13-17(26-19(28)15(24)9-12-33-3)20(29)25-16(7-4-5-10-23)21(30)27-11-6-8-18(27)22(31)32/h14-18H,4-13,23-24H2,1-3H3,(H,25,29)(H,26,28)(H,31,32). The van der Waals surface area contributed by atoms with Crippen LogP contribution in [0.2, 0.25) is 0 Å². The Morgan fingerprint density at radius 1 is 1.09 bits per heavy atom. The van der Waals surface area contributed by atoms with Crippen LogP contribution in [0.15, 0.2) is 0 Å². The zero-order chi connectivity index (χ0) is 25.0. The number of unbranched alkanes of at least 4 members (excludes halogenated alkanes) is 1. The van der Waals surface area contributed by atoms with Crippen LogP contribution in [0.25, 0.3) is 0 Å². The third-order valence-corrected chi connectivity index (χ3v) is 6.34. The molecule has 3 amide bonds. The van der Waals surface area contributed by atoms with E-state index in [1.165, 1.54) is 4.90 Å². The number of likely N-dealkylation sites (tertiary alicyclic amines) is 1. The van der Waals surface area contributed by atoms with Gasteiger partial charge in [0.2, 0.25) is 17.7 Å². The molecule has 0 aliphatic carbocycles. The molecule has 0 bridgehead atoms. The molecule has 7 N–H and O–H groups in total. The molecule has 1 saturated heterocycles. The lowest BCUT2D eigenvalue weighted by atomic mass is 10.0. The summed E-state index contributed by atoms with van der Waals surface area (Å²) in [5.41, 5.74) is 11.5. The number of hydrogen-bond acceptors (Lipinski definition) is 7. The fourth-order valence-corrected chi connectivity index (χ4v) is 4.36. The van der Waals surface area contributed by atoms with Gasteiger partial charge in [0.15, 0.2) is 0 Å². The summed E-state index contributed by atoms with van der Waals surface area (Å²) in [5, 5.41) is 15.0. The van der Waals surface area contributed by atoms with Crippen LogP contribution in [0, 0.1) is 5.92 Å². The molecule has 0 aromatic carbocycles. The van der Waals surface area contributed by atoms with Crippen molar-refractivity contribution in [2.24, 2.45) is 17.4 Å². The SMILES string of the molecule is CSCCC(N)C(=O)NC(CC(C)C)C(=O)NC(CCCCN)C(=O)N1CCCC1C(=O)O. The molecule has 1 aliphatic rings. The van der Waals surface area contributed by atoms with E-state index in [0.717, 1.165) is 5.75 Å². The van der Waals surface area contributed by atoms with E-state index in [9.17, 15) is 24.3 Å². The van der Waals surface area contributed by atoms with E-state index >= 15 is 0 Å². The van der Waals surface area contributed by atoms with Gasteiger partial charge in [-0.15, -0.1) is 0 Å². The number of nitrogens with one attached hydrogen (secondary N) is 2. The number of carboxylic acid groups (broad SMARTS) is 1. The van der Waals surface area contributed by atoms with Crippen LogP contribution in [0.5, 0.6) is 0 Å². The molecule has 1 aliphatic heterocycles. The van der Waals surface area contributed by atoms with E-state index in [1.807, 2.05) is 20.1 Å². The summed E-state index contributed by atoms with van der Waals surface area (Å²) >= 11 is 1.59. The lowest BCUT2D eigenvalue weighted by Crippen LogP contribution is -2.57. The summed E-state index contributed by atoms with van der Waals surface area (Å²) in [6.45, 7) is 4.67. The Morgan fingerprint density at radius 2 is 1.76 bits per heavy atom. The van der Waals surface area contributed by atoms with Gasteiger partial charge in [-0.3, -0.25) is 14.4 Å². The Hall–Kier alpha value is -1.85. The van der Waals surface area contributed by atoms with E-state index in [0.29, 0.717) is 58.0 Å². The highest BCUT2D eigenvalue weighted by Crippen LogP contribution is 2.20. The van der Waals surface area contributed by atoms with Gasteiger partial charge in [-0.1, -0.05) is 13.8 Å². The average molecular weight is 488 g/mol. The van der Waals surface area contributed by atoms with Gasteiger partial charge in [0.25, 0.3) is 0 Å². The topological polar surface area (TPSA) is 168 Å². The number of carbonyl (C=O) groups excluding carboxylic acids is 3. The number of amides is 3. The van der Waals surface area contributed by atoms with Gasteiger partial charge >= 0.3 is 5.97 Å². The summed E-state index contributed by atoms with van der Waals surface area (Å²) in [4.78, 5) is 51.7. The number of nitrogens with zero attached hydrogens (tertiary/aromatic N) is 1. The van der Waals surface area contributed by atoms with Gasteiger partial charge in [0, 0.05) is 6.54 Å². The molecule has 190 valence electrons. The first-order valence-corrected chi connectivity index (χ1v) is 13.1. The van der Waals surface area contributed by atoms with Crippen molar-refractivity contribution in [3.63, 3.8) is 0 Å². The van der Waals surface area contributed by atoms with Crippen LogP contribution >= 0.6 is 11.8 Å². The predicted octanol–water partition coefficient (Wildman–Crippen LogP) is 0.287. The first-order chi connectivity index (χ1) is 15.6. The van der Waals surface area contributed by atoms with Crippen LogP contribution in [-0.2, 0) is 19.2 Å². The van der Waals surface area contributed by atoms with E-state index in [-0.39, 0.29) is 5.92 Å². The molecule has 0 aromatic rings. The predicted molar refractivity (Wildman–Crippen MR) is 130 cm³/mol.